The largest absolute Gasteiger partial charge is 1.00 e. The molecule has 0 aliphatic heterocycles. The van der Waals surface area contributed by atoms with E-state index in [1.54, 1.807) is 0 Å². The van der Waals surface area contributed by atoms with Crippen molar-refractivity contribution in [3.05, 3.63) is 0 Å². The monoisotopic (exact) mass is 388 g/mol. The first-order valence-corrected chi connectivity index (χ1v) is 6.64. The molecule has 1 N–H and O–H groups in total. The summed E-state index contributed by atoms with van der Waals surface area (Å²) in [7, 11) is -11.0. The summed E-state index contributed by atoms with van der Waals surface area (Å²) in [6, 6.07) is 0. The van der Waals surface area contributed by atoms with Crippen LogP contribution in [0.25, 0.3) is 0 Å². The van der Waals surface area contributed by atoms with E-state index in [1.165, 1.54) is 0 Å². The second kappa shape index (κ2) is 13.2. The molecule has 2 unspecified atom stereocenters. The molecule has 0 aliphatic carbocycles. The first-order valence-electron chi connectivity index (χ1n) is 2.54. The van der Waals surface area contributed by atoms with Gasteiger partial charge in [0, 0.05) is 0 Å². The normalized spacial score (nSPS) is 16.2. The second-order valence-corrected chi connectivity index (χ2v) is 6.56. The molecule has 0 bridgehead atoms. The summed E-state index contributed by atoms with van der Waals surface area (Å²) in [5, 5.41) is 6.57. The van der Waals surface area contributed by atoms with Crippen molar-refractivity contribution >= 4 is 38.4 Å². The summed E-state index contributed by atoms with van der Waals surface area (Å²) in [6.07, 6.45) is 0. The maximum atomic E-state index is 10.6. The number of aliphatic hydroxyl groups excluding tert-OH is 1. The van der Waals surface area contributed by atoms with E-state index >= 15 is 0 Å². The number of alkyl halides is 2. The smallest absolute Gasteiger partial charge is 0.809 e. The van der Waals surface area contributed by atoms with Crippen LogP contribution in [0, 0.1) is 0 Å². The Hall–Kier alpha value is 5.75. The molecule has 0 saturated carbocycles. The van der Waals surface area contributed by atoms with Crippen LogP contribution in [0.1, 0.15) is 0 Å². The first-order chi connectivity index (χ1) is 5.57. The fourth-order valence-electron chi connectivity index (χ4n) is 0.339. The first kappa shape index (κ1) is 29.7. The van der Waals surface area contributed by atoms with Gasteiger partial charge in [-0.2, -0.15) is 0 Å². The van der Waals surface area contributed by atoms with Crippen molar-refractivity contribution in [1.82, 2.24) is 0 Å². The molecule has 7 nitrogen and oxygen atoms in total. The summed E-state index contributed by atoms with van der Waals surface area (Å²) < 4.78 is 24.3. The zero-order valence-electron chi connectivity index (χ0n) is 8.70. The molecule has 0 radical (unpaired) electrons. The van der Waals surface area contributed by atoms with Crippen LogP contribution in [0.2, 0.25) is 0 Å². The third-order valence-corrected chi connectivity index (χ3v) is 4.55. The molecule has 0 heterocycles. The van der Waals surface area contributed by atoms with Crippen molar-refractivity contribution in [2.24, 2.45) is 0 Å². The number of halogens is 2. The van der Waals surface area contributed by atoms with Gasteiger partial charge in [0.25, 0.3) is 0 Å². The van der Waals surface area contributed by atoms with Gasteiger partial charge in [-0.25, -0.2) is 0 Å². The van der Waals surface area contributed by atoms with Gasteiger partial charge in [0.15, 0.2) is 7.60 Å². The second-order valence-electron chi connectivity index (χ2n) is 1.79. The summed E-state index contributed by atoms with van der Waals surface area (Å²) in [6.45, 7) is 0. The van der Waals surface area contributed by atoms with E-state index in [0.29, 0.717) is 0 Å². The van der Waals surface area contributed by atoms with Crippen molar-refractivity contribution < 1.29 is 188 Å². The predicted molar refractivity (Wildman–Crippen MR) is 37.8 cm³/mol. The Bertz CT molecular complexity index is 270. The van der Waals surface area contributed by atoms with Crippen molar-refractivity contribution in [2.75, 3.05) is 0 Å². The molecule has 0 spiro atoms. The third kappa shape index (κ3) is 13.4. The zero-order valence-corrected chi connectivity index (χ0v) is 21.4. The quantitative estimate of drug-likeness (QED) is 0.287. The molecule has 2 atom stereocenters. The Kier molecular flexibility index (Phi) is 24.5. The van der Waals surface area contributed by atoms with Crippen LogP contribution in [0.15, 0.2) is 0 Å². The summed E-state index contributed by atoms with van der Waals surface area (Å²) in [5.74, 6) is 0. The molecule has 80 valence electrons. The van der Waals surface area contributed by atoms with Crippen LogP contribution in [0.4, 0.5) is 0 Å². The molecule has 0 saturated heterocycles. The van der Waals surface area contributed by atoms with Crippen LogP contribution >= 0.6 is 38.4 Å². The third-order valence-electron chi connectivity index (χ3n) is 0.792. The molecule has 0 aromatic carbocycles. The van der Waals surface area contributed by atoms with Gasteiger partial charge in [-0.05, 0) is 7.60 Å². The number of rotatable bonds is 4. The fraction of sp³-hybridized carbons (Fsp3) is 1.00. The fourth-order valence-corrected chi connectivity index (χ4v) is 2.89. The SMILES string of the molecule is O=P([O-])([O-])C(O)P(=O)([O-])OC(Cl)Cl.[K+].[K+].[K+]. The maximum Gasteiger partial charge on any atom is 1.00 e. The molecule has 16 heavy (non-hydrogen) atoms. The van der Waals surface area contributed by atoms with Gasteiger partial charge in [0.05, 0.1) is 0 Å². The van der Waals surface area contributed by atoms with E-state index in [1.807, 2.05) is 0 Å². The van der Waals surface area contributed by atoms with E-state index < -0.39 is 25.8 Å². The van der Waals surface area contributed by atoms with Gasteiger partial charge in [-0.1, -0.05) is 23.2 Å². The van der Waals surface area contributed by atoms with Crippen LogP contribution in [-0.2, 0) is 13.7 Å². The van der Waals surface area contributed by atoms with Crippen molar-refractivity contribution in [2.45, 2.75) is 10.6 Å². The summed E-state index contributed by atoms with van der Waals surface area (Å²) in [4.78, 5) is 30.7. The Morgan fingerprint density at radius 1 is 1.06 bits per heavy atom. The van der Waals surface area contributed by atoms with E-state index in [9.17, 15) is 23.8 Å². The molecule has 0 fully saturated rings. The van der Waals surface area contributed by atoms with E-state index in [2.05, 4.69) is 4.52 Å². The molecule has 0 amide bonds. The van der Waals surface area contributed by atoms with Crippen LogP contribution in [0.5, 0.6) is 0 Å². The van der Waals surface area contributed by atoms with Crippen molar-refractivity contribution in [1.29, 1.82) is 0 Å². The standard InChI is InChI=1S/C2H6Cl2O7P2.3K/c3-1(4)11-13(9,10)2(5)12(6,7)8;;;/h1-2,5H,(H,9,10)(H2,6,7,8);;;/q;3*+1/p-3. The van der Waals surface area contributed by atoms with Gasteiger partial charge in [-0.15, -0.1) is 0 Å². The predicted octanol–water partition coefficient (Wildman–Crippen LogP) is -10.5. The zero-order chi connectivity index (χ0) is 10.9. The average molecular weight is 389 g/mol. The average Bonchev–Trinajstić information content (AvgIpc) is 1.80. The molecule has 0 rings (SSSR count). The van der Waals surface area contributed by atoms with Gasteiger partial charge in [-0.3, -0.25) is 0 Å². The Morgan fingerprint density at radius 2 is 1.38 bits per heavy atom. The number of hydrogen-bond donors (Lipinski definition) is 1. The van der Waals surface area contributed by atoms with Gasteiger partial charge < -0.3 is 33.4 Å². The summed E-state index contributed by atoms with van der Waals surface area (Å²) >= 11 is 9.65. The molecule has 14 heteroatoms. The molecular formula is C2H3Cl2K3O7P2. The van der Waals surface area contributed by atoms with E-state index in [4.69, 9.17) is 28.3 Å². The number of aliphatic hydroxyl groups is 1. The van der Waals surface area contributed by atoms with Crippen LogP contribution in [0.3, 0.4) is 0 Å². The Morgan fingerprint density at radius 3 is 1.56 bits per heavy atom. The number of hydrogen-bond acceptors (Lipinski definition) is 7. The van der Waals surface area contributed by atoms with Crippen LogP contribution < -0.4 is 169 Å². The molecule has 0 aromatic heterocycles. The maximum absolute atomic E-state index is 10.6. The van der Waals surface area contributed by atoms with Gasteiger partial charge in [0.2, 0.25) is 5.02 Å². The molecular weight excluding hydrogens is 386 g/mol. The van der Waals surface area contributed by atoms with Crippen molar-refractivity contribution in [3.63, 3.8) is 0 Å². The van der Waals surface area contributed by atoms with Gasteiger partial charge >= 0.3 is 154 Å². The van der Waals surface area contributed by atoms with Gasteiger partial charge in [0.1, 0.15) is 5.59 Å². The van der Waals surface area contributed by atoms with Crippen molar-refractivity contribution in [3.8, 4) is 0 Å². The Labute approximate surface area is 230 Å². The Balaban J connectivity index is -0.000000240. The molecule has 0 aromatic rings. The van der Waals surface area contributed by atoms with E-state index in [0.717, 1.165) is 0 Å². The topological polar surface area (TPSA) is 133 Å². The van der Waals surface area contributed by atoms with E-state index in [-0.39, 0.29) is 154 Å². The minimum atomic E-state index is -5.70. The van der Waals surface area contributed by atoms with Crippen LogP contribution in [-0.4, -0.2) is 15.7 Å². The minimum absolute atomic E-state index is 0. The summed E-state index contributed by atoms with van der Waals surface area (Å²) in [5.41, 5.74) is -3.18. The minimum Gasteiger partial charge on any atom is -0.809 e. The molecule has 0 aliphatic rings.